The van der Waals surface area contributed by atoms with E-state index < -0.39 is 0 Å². The standard InChI is InChI=1S/C18H17N3O4/c19-8-12-5-11-1-2-20-18-15(11)7-16(12)24-4-3-23-9-13-6-14(10-25-18)21-17(13)22/h1-2,5,7,13-14H,3-4,6,9-10H2,(H,21,22)/t13-,14+/m1/s1. The zero-order valence-electron chi connectivity index (χ0n) is 13.5. The number of ether oxygens (including phenoxy) is 3. The predicted molar refractivity (Wildman–Crippen MR) is 88.3 cm³/mol. The Kier molecular flexibility index (Phi) is 4.12. The van der Waals surface area contributed by atoms with E-state index in [1.54, 1.807) is 18.3 Å². The SMILES string of the molecule is N#Cc1cc2ccnc3c2cc1OCCOC[C@H]1C[C@@H](CO3)NC1=O. The average Bonchev–Trinajstić information content (AvgIpc) is 2.98. The number of amides is 1. The van der Waals surface area contributed by atoms with Crippen LogP contribution in [0, 0.1) is 17.2 Å². The first kappa shape index (κ1) is 15.7. The van der Waals surface area contributed by atoms with E-state index in [9.17, 15) is 10.1 Å². The van der Waals surface area contributed by atoms with Gasteiger partial charge >= 0.3 is 0 Å². The molecule has 25 heavy (non-hydrogen) atoms. The van der Waals surface area contributed by atoms with Crippen LogP contribution in [0.5, 0.6) is 11.6 Å². The quantitative estimate of drug-likeness (QED) is 0.780. The zero-order chi connectivity index (χ0) is 17.2. The number of nitrogens with zero attached hydrogens (tertiary/aromatic N) is 2. The second-order valence-electron chi connectivity index (χ2n) is 6.17. The van der Waals surface area contributed by atoms with Gasteiger partial charge in [0.15, 0.2) is 0 Å². The molecule has 1 N–H and O–H groups in total. The molecule has 0 unspecified atom stereocenters. The molecule has 0 spiro atoms. The minimum absolute atomic E-state index is 0.0112. The van der Waals surface area contributed by atoms with Gasteiger partial charge in [0.2, 0.25) is 11.8 Å². The molecule has 1 fully saturated rings. The Labute approximate surface area is 144 Å². The first-order valence-electron chi connectivity index (χ1n) is 8.21. The molecular formula is C18H17N3O4. The van der Waals surface area contributed by atoms with Gasteiger partial charge in [0.05, 0.1) is 30.7 Å². The Morgan fingerprint density at radius 1 is 1.24 bits per heavy atom. The molecule has 0 radical (unpaired) electrons. The van der Waals surface area contributed by atoms with Crippen molar-refractivity contribution in [2.45, 2.75) is 12.5 Å². The van der Waals surface area contributed by atoms with E-state index in [1.165, 1.54) is 0 Å². The molecule has 1 amide bonds. The van der Waals surface area contributed by atoms with Crippen molar-refractivity contribution < 1.29 is 19.0 Å². The summed E-state index contributed by atoms with van der Waals surface area (Å²) in [6, 6.07) is 7.46. The molecule has 0 aliphatic carbocycles. The van der Waals surface area contributed by atoms with E-state index >= 15 is 0 Å². The number of hydrogen-bond acceptors (Lipinski definition) is 6. The van der Waals surface area contributed by atoms with Crippen LogP contribution in [0.3, 0.4) is 0 Å². The number of aromatic nitrogens is 1. The Morgan fingerprint density at radius 2 is 2.16 bits per heavy atom. The van der Waals surface area contributed by atoms with Crippen molar-refractivity contribution in [3.05, 3.63) is 30.0 Å². The summed E-state index contributed by atoms with van der Waals surface area (Å²) in [5, 5.41) is 13.9. The van der Waals surface area contributed by atoms with Crippen LogP contribution in [-0.2, 0) is 9.53 Å². The van der Waals surface area contributed by atoms with Crippen LogP contribution in [0.4, 0.5) is 0 Å². The predicted octanol–water partition coefficient (Wildman–Crippen LogP) is 1.40. The van der Waals surface area contributed by atoms with Crippen molar-refractivity contribution in [1.29, 1.82) is 5.26 Å². The number of rotatable bonds is 0. The van der Waals surface area contributed by atoms with Crippen LogP contribution < -0.4 is 14.8 Å². The summed E-state index contributed by atoms with van der Waals surface area (Å²) in [4.78, 5) is 16.3. The van der Waals surface area contributed by atoms with Crippen molar-refractivity contribution in [2.75, 3.05) is 26.4 Å². The van der Waals surface area contributed by atoms with Gasteiger partial charge in [-0.05, 0) is 30.0 Å². The van der Waals surface area contributed by atoms with Crippen molar-refractivity contribution in [1.82, 2.24) is 10.3 Å². The minimum atomic E-state index is -0.173. The fraction of sp³-hybridized carbons (Fsp3) is 0.389. The number of carbonyl (C=O) groups excluding carboxylic acids is 1. The van der Waals surface area contributed by atoms with Crippen molar-refractivity contribution in [2.24, 2.45) is 5.92 Å². The molecule has 7 nitrogen and oxygen atoms in total. The molecule has 4 rings (SSSR count). The number of pyridine rings is 1. The lowest BCUT2D eigenvalue weighted by atomic mass is 10.1. The number of benzene rings is 1. The van der Waals surface area contributed by atoms with Crippen molar-refractivity contribution in [3.63, 3.8) is 0 Å². The number of hydrogen-bond donors (Lipinski definition) is 1. The average molecular weight is 339 g/mol. The van der Waals surface area contributed by atoms with Crippen LogP contribution in [0.1, 0.15) is 12.0 Å². The maximum absolute atomic E-state index is 12.0. The van der Waals surface area contributed by atoms with Gasteiger partial charge in [0.25, 0.3) is 0 Å². The van der Waals surface area contributed by atoms with Crippen LogP contribution >= 0.6 is 0 Å². The molecule has 3 heterocycles. The highest BCUT2D eigenvalue weighted by atomic mass is 16.5. The summed E-state index contributed by atoms with van der Waals surface area (Å²) < 4.78 is 17.1. The van der Waals surface area contributed by atoms with Crippen molar-refractivity contribution >= 4 is 16.7 Å². The molecule has 1 saturated heterocycles. The number of fused-ring (bicyclic) bond motifs is 3. The van der Waals surface area contributed by atoms with Gasteiger partial charge < -0.3 is 19.5 Å². The highest BCUT2D eigenvalue weighted by Crippen LogP contribution is 2.31. The molecule has 2 aliphatic rings. The number of nitriles is 1. The third-order valence-electron chi connectivity index (χ3n) is 4.46. The number of nitrogens with one attached hydrogen (secondary N) is 1. The molecule has 1 aromatic heterocycles. The summed E-state index contributed by atoms with van der Waals surface area (Å²) in [5.41, 5.74) is 0.452. The normalized spacial score (nSPS) is 23.2. The van der Waals surface area contributed by atoms with E-state index in [0.29, 0.717) is 50.0 Å². The van der Waals surface area contributed by atoms with E-state index in [-0.39, 0.29) is 17.9 Å². The third kappa shape index (κ3) is 3.08. The van der Waals surface area contributed by atoms with Gasteiger partial charge in [-0.2, -0.15) is 5.26 Å². The highest BCUT2D eigenvalue weighted by molar-refractivity contribution is 5.89. The summed E-state index contributed by atoms with van der Waals surface area (Å²) in [7, 11) is 0. The molecule has 128 valence electrons. The monoisotopic (exact) mass is 339 g/mol. The molecule has 1 aromatic carbocycles. The fourth-order valence-corrected chi connectivity index (χ4v) is 3.19. The maximum Gasteiger partial charge on any atom is 0.225 e. The molecule has 0 saturated carbocycles. The van der Waals surface area contributed by atoms with E-state index in [4.69, 9.17) is 14.2 Å². The number of carbonyl (C=O) groups is 1. The molecular weight excluding hydrogens is 322 g/mol. The largest absolute Gasteiger partial charge is 0.490 e. The van der Waals surface area contributed by atoms with Crippen molar-refractivity contribution in [3.8, 4) is 17.7 Å². The summed E-state index contributed by atoms with van der Waals surface area (Å²) in [6.07, 6.45) is 2.32. The fourth-order valence-electron chi connectivity index (χ4n) is 3.19. The summed E-state index contributed by atoms with van der Waals surface area (Å²) in [6.45, 7) is 1.34. The Morgan fingerprint density at radius 3 is 3.04 bits per heavy atom. The van der Waals surface area contributed by atoms with E-state index in [1.807, 2.05) is 6.07 Å². The van der Waals surface area contributed by atoms with Gasteiger partial charge in [-0.1, -0.05) is 0 Å². The second kappa shape index (κ2) is 6.57. The van der Waals surface area contributed by atoms with E-state index in [0.717, 1.165) is 10.8 Å². The van der Waals surface area contributed by atoms with Crippen LogP contribution in [0.2, 0.25) is 0 Å². The highest BCUT2D eigenvalue weighted by Gasteiger charge is 2.32. The molecule has 7 heteroatoms. The molecule has 2 aliphatic heterocycles. The Hall–Kier alpha value is -2.85. The lowest BCUT2D eigenvalue weighted by Gasteiger charge is -2.15. The maximum atomic E-state index is 12.0. The first-order chi connectivity index (χ1) is 12.2. The zero-order valence-corrected chi connectivity index (χ0v) is 13.5. The van der Waals surface area contributed by atoms with Gasteiger partial charge in [-0.3, -0.25) is 4.79 Å². The summed E-state index contributed by atoms with van der Waals surface area (Å²) >= 11 is 0. The van der Waals surface area contributed by atoms with Gasteiger partial charge in [-0.15, -0.1) is 0 Å². The molecule has 2 atom stereocenters. The third-order valence-corrected chi connectivity index (χ3v) is 4.46. The first-order valence-corrected chi connectivity index (χ1v) is 8.21. The lowest BCUT2D eigenvalue weighted by molar-refractivity contribution is -0.124. The molecule has 4 bridgehead atoms. The van der Waals surface area contributed by atoms with Crippen LogP contribution in [0.25, 0.3) is 10.8 Å². The second-order valence-corrected chi connectivity index (χ2v) is 6.17. The lowest BCUT2D eigenvalue weighted by Crippen LogP contribution is -2.31. The minimum Gasteiger partial charge on any atom is -0.490 e. The van der Waals surface area contributed by atoms with E-state index in [2.05, 4.69) is 16.4 Å². The van der Waals surface area contributed by atoms with Gasteiger partial charge in [0.1, 0.15) is 25.0 Å². The van der Waals surface area contributed by atoms with Gasteiger partial charge in [-0.25, -0.2) is 4.98 Å². The Balaban J connectivity index is 1.71. The smallest absolute Gasteiger partial charge is 0.225 e. The summed E-state index contributed by atoms with van der Waals surface area (Å²) in [5.74, 6) is 0.763. The molecule has 2 aromatic rings. The topological polar surface area (TPSA) is 93.5 Å². The van der Waals surface area contributed by atoms with Gasteiger partial charge in [0, 0.05) is 11.6 Å². The van der Waals surface area contributed by atoms with Crippen LogP contribution in [-0.4, -0.2) is 43.4 Å². The Bertz CT molecular complexity index is 861. The van der Waals surface area contributed by atoms with Crippen LogP contribution in [0.15, 0.2) is 24.4 Å².